The molecule has 156 valence electrons. The van der Waals surface area contributed by atoms with E-state index in [9.17, 15) is 18.8 Å². The van der Waals surface area contributed by atoms with E-state index in [0.717, 1.165) is 0 Å². The monoisotopic (exact) mass is 415 g/mol. The zero-order valence-electron chi connectivity index (χ0n) is 16.0. The van der Waals surface area contributed by atoms with Crippen molar-refractivity contribution in [3.63, 3.8) is 0 Å². The average molecular weight is 415 g/mol. The molecular formula is C21H18FNO7. The van der Waals surface area contributed by atoms with Gasteiger partial charge < -0.3 is 18.6 Å². The number of nitrogens with one attached hydrogen (secondary N) is 1. The lowest BCUT2D eigenvalue weighted by molar-refractivity contribution is -0.147. The predicted molar refractivity (Wildman–Crippen MR) is 105 cm³/mol. The molecule has 0 radical (unpaired) electrons. The summed E-state index contributed by atoms with van der Waals surface area (Å²) in [7, 11) is 0. The molecule has 0 fully saturated rings. The molecule has 0 aliphatic heterocycles. The van der Waals surface area contributed by atoms with Crippen molar-refractivity contribution in [1.29, 1.82) is 0 Å². The number of ether oxygens (including phenoxy) is 3. The van der Waals surface area contributed by atoms with Gasteiger partial charge in [-0.05, 0) is 31.2 Å². The minimum atomic E-state index is -0.736. The summed E-state index contributed by atoms with van der Waals surface area (Å²) in [6.07, 6.45) is -0.640. The molecule has 1 heterocycles. The molecule has 9 heteroatoms. The van der Waals surface area contributed by atoms with Gasteiger partial charge in [-0.15, -0.1) is 0 Å². The van der Waals surface area contributed by atoms with Gasteiger partial charge in [0.2, 0.25) is 0 Å². The number of carbonyl (C=O) groups excluding carboxylic acids is 2. The highest BCUT2D eigenvalue weighted by molar-refractivity contribution is 5.90. The third kappa shape index (κ3) is 5.34. The van der Waals surface area contributed by atoms with Gasteiger partial charge >= 0.3 is 17.7 Å². The second-order valence-electron chi connectivity index (χ2n) is 6.03. The number of carbonyl (C=O) groups is 2. The van der Waals surface area contributed by atoms with E-state index >= 15 is 0 Å². The van der Waals surface area contributed by atoms with E-state index in [-0.39, 0.29) is 24.5 Å². The molecule has 30 heavy (non-hydrogen) atoms. The summed E-state index contributed by atoms with van der Waals surface area (Å²) < 4.78 is 33.7. The number of fused-ring (bicyclic) bond motifs is 1. The zero-order valence-corrected chi connectivity index (χ0v) is 16.0. The molecule has 0 atom stereocenters. The van der Waals surface area contributed by atoms with Crippen LogP contribution in [0.15, 0.2) is 57.7 Å². The van der Waals surface area contributed by atoms with Gasteiger partial charge in [-0.3, -0.25) is 5.32 Å². The fraction of sp³-hybridized carbons (Fsp3) is 0.190. The Morgan fingerprint density at radius 1 is 1.10 bits per heavy atom. The number of hydrogen-bond acceptors (Lipinski definition) is 7. The molecule has 0 aliphatic rings. The van der Waals surface area contributed by atoms with Crippen LogP contribution in [0.5, 0.6) is 5.75 Å². The van der Waals surface area contributed by atoms with Crippen molar-refractivity contribution in [1.82, 2.24) is 0 Å². The maximum atomic E-state index is 13.5. The molecule has 0 spiro atoms. The Morgan fingerprint density at radius 3 is 2.67 bits per heavy atom. The van der Waals surface area contributed by atoms with Crippen molar-refractivity contribution in [2.75, 3.05) is 18.5 Å². The second-order valence-corrected chi connectivity index (χ2v) is 6.03. The average Bonchev–Trinajstić information content (AvgIpc) is 2.71. The highest BCUT2D eigenvalue weighted by Crippen LogP contribution is 2.22. The second kappa shape index (κ2) is 9.55. The van der Waals surface area contributed by atoms with E-state index in [1.54, 1.807) is 25.1 Å². The highest BCUT2D eigenvalue weighted by atomic mass is 19.1. The first kappa shape index (κ1) is 20.8. The lowest BCUT2D eigenvalue weighted by atomic mass is 10.1. The largest absolute Gasteiger partial charge is 0.479 e. The van der Waals surface area contributed by atoms with Crippen LogP contribution in [-0.4, -0.2) is 25.3 Å². The van der Waals surface area contributed by atoms with E-state index < -0.39 is 30.1 Å². The van der Waals surface area contributed by atoms with Crippen LogP contribution < -0.4 is 15.7 Å². The van der Waals surface area contributed by atoms with Crippen LogP contribution in [0.1, 0.15) is 12.5 Å². The van der Waals surface area contributed by atoms with Crippen LogP contribution in [0, 0.1) is 5.82 Å². The minimum absolute atomic E-state index is 0.0677. The molecule has 0 saturated heterocycles. The number of para-hydroxylation sites is 1. The number of benzene rings is 2. The highest BCUT2D eigenvalue weighted by Gasteiger charge is 2.12. The normalized spacial score (nSPS) is 10.5. The maximum Gasteiger partial charge on any atom is 0.411 e. The summed E-state index contributed by atoms with van der Waals surface area (Å²) in [5, 5.41) is 3.03. The summed E-state index contributed by atoms with van der Waals surface area (Å²) in [4.78, 5) is 35.3. The summed E-state index contributed by atoms with van der Waals surface area (Å²) in [5.41, 5.74) is 0.328. The van der Waals surface area contributed by atoms with E-state index in [4.69, 9.17) is 18.6 Å². The quantitative estimate of drug-likeness (QED) is 0.464. The Kier molecular flexibility index (Phi) is 6.63. The van der Waals surface area contributed by atoms with Gasteiger partial charge in [-0.1, -0.05) is 12.1 Å². The third-order valence-electron chi connectivity index (χ3n) is 3.92. The van der Waals surface area contributed by atoms with Crippen LogP contribution >= 0.6 is 0 Å². The Balaban J connectivity index is 1.68. The first-order valence-electron chi connectivity index (χ1n) is 8.99. The number of rotatable bonds is 7. The van der Waals surface area contributed by atoms with Crippen molar-refractivity contribution in [2.45, 2.75) is 13.5 Å². The summed E-state index contributed by atoms with van der Waals surface area (Å²) in [6.45, 7) is 1.18. The predicted octanol–water partition coefficient (Wildman–Crippen LogP) is 3.62. The van der Waals surface area contributed by atoms with Crippen molar-refractivity contribution in [3.05, 3.63) is 70.3 Å². The molecule has 1 N–H and O–H groups in total. The van der Waals surface area contributed by atoms with Crippen LogP contribution in [0.4, 0.5) is 14.9 Å². The van der Waals surface area contributed by atoms with Crippen LogP contribution in [0.2, 0.25) is 0 Å². The molecule has 3 rings (SSSR count). The fourth-order valence-electron chi connectivity index (χ4n) is 2.61. The van der Waals surface area contributed by atoms with Crippen molar-refractivity contribution < 1.29 is 32.6 Å². The smallest absolute Gasteiger partial charge is 0.411 e. The van der Waals surface area contributed by atoms with Crippen molar-refractivity contribution in [2.24, 2.45) is 0 Å². The van der Waals surface area contributed by atoms with E-state index in [1.165, 1.54) is 30.3 Å². The molecular weight excluding hydrogens is 397 g/mol. The fourth-order valence-corrected chi connectivity index (χ4v) is 2.61. The SMILES string of the molecule is CCOC(=O)Nc1ccc2c(COC(=O)COc3ccccc3F)cc(=O)oc2c1. The maximum absolute atomic E-state index is 13.5. The lowest BCUT2D eigenvalue weighted by Crippen LogP contribution is -2.16. The van der Waals surface area contributed by atoms with Gasteiger partial charge in [0.15, 0.2) is 18.2 Å². The number of esters is 1. The number of anilines is 1. The Morgan fingerprint density at radius 2 is 1.90 bits per heavy atom. The van der Waals surface area contributed by atoms with Gasteiger partial charge in [0, 0.05) is 28.8 Å². The van der Waals surface area contributed by atoms with E-state index in [1.807, 2.05) is 0 Å². The molecule has 2 aromatic carbocycles. The molecule has 1 amide bonds. The topological polar surface area (TPSA) is 104 Å². The zero-order chi connectivity index (χ0) is 21.5. The number of halogens is 1. The van der Waals surface area contributed by atoms with Gasteiger partial charge in [0.1, 0.15) is 12.2 Å². The van der Waals surface area contributed by atoms with Crippen molar-refractivity contribution >= 4 is 28.7 Å². The van der Waals surface area contributed by atoms with E-state index in [2.05, 4.69) is 5.32 Å². The molecule has 0 bridgehead atoms. The Labute approximate surface area is 170 Å². The first-order chi connectivity index (χ1) is 14.5. The van der Waals surface area contributed by atoms with Gasteiger partial charge in [-0.25, -0.2) is 18.8 Å². The molecule has 1 aromatic heterocycles. The molecule has 0 unspecified atom stereocenters. The van der Waals surface area contributed by atoms with Crippen LogP contribution in [0.25, 0.3) is 11.0 Å². The number of amides is 1. The van der Waals surface area contributed by atoms with Gasteiger partial charge in [0.25, 0.3) is 0 Å². The Bertz CT molecular complexity index is 1130. The Hall–Kier alpha value is -3.88. The van der Waals surface area contributed by atoms with E-state index in [0.29, 0.717) is 16.6 Å². The standard InChI is InChI=1S/C21H18FNO7/c1-2-27-21(26)23-14-7-8-15-13(9-19(24)30-18(15)10-14)11-29-20(25)12-28-17-6-4-3-5-16(17)22/h3-10H,2,11-12H2,1H3,(H,23,26). The van der Waals surface area contributed by atoms with Gasteiger partial charge in [-0.2, -0.15) is 0 Å². The van der Waals surface area contributed by atoms with Crippen LogP contribution in [0.3, 0.4) is 0 Å². The summed E-state index contributed by atoms with van der Waals surface area (Å²) in [6, 6.07) is 11.5. The molecule has 0 aliphatic carbocycles. The van der Waals surface area contributed by atoms with Gasteiger partial charge in [0.05, 0.1) is 6.61 Å². The summed E-state index contributed by atoms with van der Waals surface area (Å²) in [5.74, 6) is -1.40. The molecule has 0 saturated carbocycles. The minimum Gasteiger partial charge on any atom is -0.479 e. The molecule has 3 aromatic rings. The van der Waals surface area contributed by atoms with Crippen LogP contribution in [-0.2, 0) is 20.9 Å². The van der Waals surface area contributed by atoms with Crippen molar-refractivity contribution in [3.8, 4) is 5.75 Å². The third-order valence-corrected chi connectivity index (χ3v) is 3.92. The summed E-state index contributed by atoms with van der Waals surface area (Å²) >= 11 is 0. The molecule has 8 nitrogen and oxygen atoms in total. The first-order valence-corrected chi connectivity index (χ1v) is 8.99. The lowest BCUT2D eigenvalue weighted by Gasteiger charge is -2.10. The number of hydrogen-bond donors (Lipinski definition) is 1.